The summed E-state index contributed by atoms with van der Waals surface area (Å²) in [4.78, 5) is 0. The van der Waals surface area contributed by atoms with Gasteiger partial charge >= 0.3 is 0 Å². The zero-order chi connectivity index (χ0) is 20.4. The fourth-order valence-electron chi connectivity index (χ4n) is 8.11. The minimum absolute atomic E-state index is 0.324. The second-order valence-corrected chi connectivity index (χ2v) is 12.4. The number of aliphatic hydroxyl groups is 2. The first-order valence-electron chi connectivity index (χ1n) is 12.0. The highest BCUT2D eigenvalue weighted by Crippen LogP contribution is 2.67. The van der Waals surface area contributed by atoms with E-state index in [0.717, 1.165) is 37.0 Å². The van der Waals surface area contributed by atoms with Crippen molar-refractivity contribution in [3.05, 3.63) is 0 Å². The van der Waals surface area contributed by atoms with Gasteiger partial charge in [-0.25, -0.2) is 0 Å². The molecule has 0 aromatic carbocycles. The zero-order valence-corrected chi connectivity index (χ0v) is 19.0. The first-order valence-corrected chi connectivity index (χ1v) is 12.0. The van der Waals surface area contributed by atoms with Gasteiger partial charge in [-0.3, -0.25) is 0 Å². The molecule has 4 aliphatic rings. The maximum Gasteiger partial charge on any atom is 0.0631 e. The molecule has 8 atom stereocenters. The van der Waals surface area contributed by atoms with Crippen molar-refractivity contribution in [2.24, 2.45) is 34.5 Å². The Bertz CT molecular complexity index is 579. The smallest absolute Gasteiger partial charge is 0.0631 e. The Balaban J connectivity index is 1.46. The van der Waals surface area contributed by atoms with E-state index in [-0.39, 0.29) is 0 Å². The van der Waals surface area contributed by atoms with E-state index in [1.165, 1.54) is 44.9 Å². The van der Waals surface area contributed by atoms with Gasteiger partial charge in [0, 0.05) is 6.61 Å². The molecule has 4 aliphatic carbocycles. The van der Waals surface area contributed by atoms with Crippen LogP contribution in [0.25, 0.3) is 0 Å². The van der Waals surface area contributed by atoms with Gasteiger partial charge in [-0.1, -0.05) is 13.8 Å². The number of hydrogen-bond donors (Lipinski definition) is 2. The third-order valence-corrected chi connectivity index (χ3v) is 9.90. The topological polar surface area (TPSA) is 49.7 Å². The van der Waals surface area contributed by atoms with Crippen molar-refractivity contribution in [3.63, 3.8) is 0 Å². The van der Waals surface area contributed by atoms with Crippen LogP contribution in [-0.4, -0.2) is 34.1 Å². The Morgan fingerprint density at radius 2 is 1.61 bits per heavy atom. The van der Waals surface area contributed by atoms with Gasteiger partial charge < -0.3 is 14.9 Å². The third-order valence-electron chi connectivity index (χ3n) is 9.90. The normalized spacial score (nSPS) is 51.3. The molecule has 0 aliphatic heterocycles. The van der Waals surface area contributed by atoms with E-state index in [1.807, 2.05) is 13.8 Å². The van der Waals surface area contributed by atoms with Crippen LogP contribution in [0.5, 0.6) is 0 Å². The Morgan fingerprint density at radius 3 is 2.32 bits per heavy atom. The Kier molecular flexibility index (Phi) is 5.25. The second kappa shape index (κ2) is 6.95. The van der Waals surface area contributed by atoms with Gasteiger partial charge in [0.15, 0.2) is 0 Å². The summed E-state index contributed by atoms with van der Waals surface area (Å²) in [6, 6.07) is 0. The lowest BCUT2D eigenvalue weighted by Crippen LogP contribution is -2.56. The summed E-state index contributed by atoms with van der Waals surface area (Å²) in [6.07, 6.45) is 12.1. The van der Waals surface area contributed by atoms with Crippen LogP contribution in [0.2, 0.25) is 0 Å². The van der Waals surface area contributed by atoms with E-state index in [0.29, 0.717) is 29.5 Å². The fraction of sp³-hybridized carbons (Fsp3) is 1.00. The highest BCUT2D eigenvalue weighted by molar-refractivity contribution is 5.10. The summed E-state index contributed by atoms with van der Waals surface area (Å²) in [7, 11) is 0. The highest BCUT2D eigenvalue weighted by atomic mass is 16.5. The lowest BCUT2D eigenvalue weighted by molar-refractivity contribution is -0.156. The van der Waals surface area contributed by atoms with Crippen LogP contribution in [0.4, 0.5) is 0 Å². The Labute approximate surface area is 172 Å². The molecule has 0 aromatic rings. The van der Waals surface area contributed by atoms with Gasteiger partial charge in [0.05, 0.1) is 17.3 Å². The predicted octanol–water partition coefficient (Wildman–Crippen LogP) is 5.33. The molecule has 0 radical (unpaired) electrons. The van der Waals surface area contributed by atoms with E-state index < -0.39 is 11.2 Å². The molecule has 0 bridgehead atoms. The monoisotopic (exact) mass is 392 g/mol. The summed E-state index contributed by atoms with van der Waals surface area (Å²) in [5, 5.41) is 20.7. The van der Waals surface area contributed by atoms with E-state index in [4.69, 9.17) is 4.74 Å². The number of fused-ring (bicyclic) bond motifs is 5. The summed E-state index contributed by atoms with van der Waals surface area (Å²) in [6.45, 7) is 11.6. The van der Waals surface area contributed by atoms with Crippen molar-refractivity contribution in [1.82, 2.24) is 0 Å². The van der Waals surface area contributed by atoms with Crippen LogP contribution < -0.4 is 0 Å². The van der Waals surface area contributed by atoms with Gasteiger partial charge in [-0.05, 0) is 119 Å². The molecular formula is C25H44O3. The first kappa shape index (κ1) is 21.1. The van der Waals surface area contributed by atoms with Crippen LogP contribution in [0.1, 0.15) is 98.8 Å². The molecule has 0 amide bonds. The summed E-state index contributed by atoms with van der Waals surface area (Å²) >= 11 is 0. The Morgan fingerprint density at radius 1 is 0.893 bits per heavy atom. The van der Waals surface area contributed by atoms with Gasteiger partial charge in [0.25, 0.3) is 0 Å². The van der Waals surface area contributed by atoms with Gasteiger partial charge in [-0.15, -0.1) is 0 Å². The molecule has 4 rings (SSSR count). The zero-order valence-electron chi connectivity index (χ0n) is 19.0. The molecule has 4 fully saturated rings. The third kappa shape index (κ3) is 3.58. The van der Waals surface area contributed by atoms with Crippen LogP contribution >= 0.6 is 0 Å². The lowest BCUT2D eigenvalue weighted by Gasteiger charge is -2.61. The predicted molar refractivity (Wildman–Crippen MR) is 113 cm³/mol. The van der Waals surface area contributed by atoms with E-state index >= 15 is 0 Å². The molecule has 0 saturated heterocycles. The number of ether oxygens (including phenoxy) is 1. The largest absolute Gasteiger partial charge is 0.390 e. The van der Waals surface area contributed by atoms with Crippen molar-refractivity contribution < 1.29 is 14.9 Å². The van der Waals surface area contributed by atoms with Crippen molar-refractivity contribution in [1.29, 1.82) is 0 Å². The number of rotatable bonds is 4. The van der Waals surface area contributed by atoms with Crippen LogP contribution in [0.3, 0.4) is 0 Å². The molecule has 162 valence electrons. The van der Waals surface area contributed by atoms with Crippen LogP contribution in [0, 0.1) is 34.5 Å². The van der Waals surface area contributed by atoms with Crippen molar-refractivity contribution in [2.75, 3.05) is 6.61 Å². The maximum absolute atomic E-state index is 10.7. The van der Waals surface area contributed by atoms with E-state index in [9.17, 15) is 10.2 Å². The molecule has 0 heterocycles. The van der Waals surface area contributed by atoms with Crippen LogP contribution in [0.15, 0.2) is 0 Å². The minimum atomic E-state index is -0.633. The lowest BCUT2D eigenvalue weighted by atomic mass is 9.44. The number of hydrogen-bond acceptors (Lipinski definition) is 3. The molecule has 2 N–H and O–H groups in total. The fourth-order valence-corrected chi connectivity index (χ4v) is 8.11. The molecule has 0 spiro atoms. The van der Waals surface area contributed by atoms with E-state index in [1.54, 1.807) is 0 Å². The molecule has 3 heteroatoms. The molecular weight excluding hydrogens is 348 g/mol. The summed E-state index contributed by atoms with van der Waals surface area (Å²) in [5.41, 5.74) is -0.310. The standard InChI is InChI=1S/C25H44O3/c1-22(2,26)14-15-28-21-9-8-19-18-7-6-17-16-23(3,27)12-13-24(17,4)20(18)10-11-25(19,21)5/h17-21,26-27H,6-16H2,1-5H3/t17-,18?,19?,20?,21-,23-,24-,25-/m0/s1. The summed E-state index contributed by atoms with van der Waals surface area (Å²) < 4.78 is 6.40. The molecule has 0 aromatic heterocycles. The SMILES string of the molecule is CC(C)(O)CCO[C@H]1CCC2C3CC[C@H]4C[C@@](C)(O)CC[C@]4(C)C3CC[C@@]21C. The average Bonchev–Trinajstić information content (AvgIpc) is 2.91. The van der Waals surface area contributed by atoms with Crippen LogP contribution in [-0.2, 0) is 4.74 Å². The highest BCUT2D eigenvalue weighted by Gasteiger charge is 2.61. The van der Waals surface area contributed by atoms with Gasteiger partial charge in [-0.2, -0.15) is 0 Å². The molecule has 3 nitrogen and oxygen atoms in total. The second-order valence-electron chi connectivity index (χ2n) is 12.4. The van der Waals surface area contributed by atoms with Gasteiger partial charge in [0.2, 0.25) is 0 Å². The maximum atomic E-state index is 10.7. The molecule has 3 unspecified atom stereocenters. The summed E-state index contributed by atoms with van der Waals surface area (Å²) in [5.74, 6) is 3.21. The van der Waals surface area contributed by atoms with Gasteiger partial charge in [0.1, 0.15) is 0 Å². The van der Waals surface area contributed by atoms with E-state index in [2.05, 4.69) is 20.8 Å². The molecule has 4 saturated carbocycles. The van der Waals surface area contributed by atoms with Crippen molar-refractivity contribution >= 4 is 0 Å². The van der Waals surface area contributed by atoms with Crippen molar-refractivity contribution in [3.8, 4) is 0 Å². The quantitative estimate of drug-likeness (QED) is 0.680. The average molecular weight is 393 g/mol. The molecule has 28 heavy (non-hydrogen) atoms. The first-order chi connectivity index (χ1) is 12.9. The van der Waals surface area contributed by atoms with Crippen molar-refractivity contribution in [2.45, 2.75) is 116 Å². The Hall–Kier alpha value is -0.120. The minimum Gasteiger partial charge on any atom is -0.390 e.